The maximum atomic E-state index is 12.6. The second-order valence-electron chi connectivity index (χ2n) is 4.90. The molecule has 1 saturated carbocycles. The summed E-state index contributed by atoms with van der Waals surface area (Å²) in [5.74, 6) is 0. The first-order valence-electron chi connectivity index (χ1n) is 6.29. The van der Waals surface area contributed by atoms with Crippen LogP contribution in [0.1, 0.15) is 32.1 Å². The van der Waals surface area contributed by atoms with Crippen LogP contribution in [0.15, 0.2) is 0 Å². The van der Waals surface area contributed by atoms with Gasteiger partial charge in [-0.2, -0.15) is 4.31 Å². The monoisotopic (exact) mass is 260 g/mol. The van der Waals surface area contributed by atoms with Gasteiger partial charge in [0.15, 0.2) is 0 Å². The molecule has 1 aliphatic heterocycles. The molecule has 1 N–H and O–H groups in total. The Morgan fingerprint density at radius 3 is 2.18 bits per heavy atom. The topological polar surface area (TPSA) is 66.5 Å². The van der Waals surface area contributed by atoms with Crippen molar-refractivity contribution in [3.63, 3.8) is 0 Å². The summed E-state index contributed by atoms with van der Waals surface area (Å²) in [6, 6.07) is 0. The lowest BCUT2D eigenvalue weighted by Gasteiger charge is -2.37. The molecule has 0 aromatic rings. The molecule has 0 spiro atoms. The Morgan fingerprint density at radius 2 is 1.65 bits per heavy atom. The van der Waals surface area contributed by atoms with Gasteiger partial charge in [-0.1, -0.05) is 19.3 Å². The third-order valence-corrected chi connectivity index (χ3v) is 6.42. The van der Waals surface area contributed by atoms with E-state index in [9.17, 15) is 13.2 Å². The van der Waals surface area contributed by atoms with Gasteiger partial charge in [0.1, 0.15) is 11.0 Å². The van der Waals surface area contributed by atoms with E-state index in [2.05, 4.69) is 5.32 Å². The normalized spacial score (nSPS) is 26.6. The molecule has 1 heterocycles. The summed E-state index contributed by atoms with van der Waals surface area (Å²) in [4.78, 5) is 11.3. The molecule has 2 aliphatic rings. The van der Waals surface area contributed by atoms with Crippen LogP contribution in [0.3, 0.4) is 0 Å². The summed E-state index contributed by atoms with van der Waals surface area (Å²) in [5.41, 5.74) is 0. The lowest BCUT2D eigenvalue weighted by molar-refractivity contribution is -0.110. The number of nitrogens with one attached hydrogen (secondary N) is 1. The number of nitrogens with zero attached hydrogens (tertiary/aromatic N) is 1. The number of rotatable bonds is 3. The number of piperazine rings is 1. The second-order valence-corrected chi connectivity index (χ2v) is 7.18. The summed E-state index contributed by atoms with van der Waals surface area (Å²) >= 11 is 0. The Balaban J connectivity index is 2.24. The van der Waals surface area contributed by atoms with Gasteiger partial charge in [0.05, 0.1) is 0 Å². The number of hydrogen-bond donors (Lipinski definition) is 1. The average Bonchev–Trinajstić information content (AvgIpc) is 2.40. The zero-order valence-electron chi connectivity index (χ0n) is 10.0. The average molecular weight is 260 g/mol. The fraction of sp³-hybridized carbons (Fsp3) is 0.909. The zero-order valence-corrected chi connectivity index (χ0v) is 10.8. The largest absolute Gasteiger partial charge is 0.314 e. The fourth-order valence-electron chi connectivity index (χ4n) is 2.73. The van der Waals surface area contributed by atoms with E-state index in [0.29, 0.717) is 45.3 Å². The van der Waals surface area contributed by atoms with Crippen LogP contribution in [0.2, 0.25) is 0 Å². The first-order valence-corrected chi connectivity index (χ1v) is 7.73. The highest BCUT2D eigenvalue weighted by atomic mass is 32.2. The third kappa shape index (κ3) is 2.26. The predicted octanol–water partition coefficient (Wildman–Crippen LogP) is 0.123. The quantitative estimate of drug-likeness (QED) is 0.732. The van der Waals surface area contributed by atoms with Crippen LogP contribution >= 0.6 is 0 Å². The van der Waals surface area contributed by atoms with E-state index < -0.39 is 14.8 Å². The van der Waals surface area contributed by atoms with Gasteiger partial charge >= 0.3 is 0 Å². The predicted molar refractivity (Wildman–Crippen MR) is 65.2 cm³/mol. The SMILES string of the molecule is O=CC1(S(=O)(=O)N2CCNCC2)CCCCC1. The maximum absolute atomic E-state index is 12.6. The first-order chi connectivity index (χ1) is 8.12. The van der Waals surface area contributed by atoms with Gasteiger partial charge in [0, 0.05) is 26.2 Å². The number of aldehydes is 1. The summed E-state index contributed by atoms with van der Waals surface area (Å²) < 4.78 is 25.5. The van der Waals surface area contributed by atoms with Crippen LogP contribution < -0.4 is 5.32 Å². The van der Waals surface area contributed by atoms with Crippen LogP contribution in [-0.4, -0.2) is 49.9 Å². The van der Waals surface area contributed by atoms with E-state index in [1.807, 2.05) is 0 Å². The van der Waals surface area contributed by atoms with Crippen molar-refractivity contribution in [2.24, 2.45) is 0 Å². The van der Waals surface area contributed by atoms with E-state index in [-0.39, 0.29) is 0 Å². The Hall–Kier alpha value is -0.460. The lowest BCUT2D eigenvalue weighted by atomic mass is 9.89. The van der Waals surface area contributed by atoms with E-state index in [1.54, 1.807) is 0 Å². The summed E-state index contributed by atoms with van der Waals surface area (Å²) in [7, 11) is -3.47. The number of carbonyl (C=O) groups is 1. The maximum Gasteiger partial charge on any atom is 0.226 e. The highest BCUT2D eigenvalue weighted by Gasteiger charge is 2.47. The van der Waals surface area contributed by atoms with Crippen molar-refractivity contribution in [1.82, 2.24) is 9.62 Å². The third-order valence-electron chi connectivity index (χ3n) is 3.84. The van der Waals surface area contributed by atoms with Crippen LogP contribution in [-0.2, 0) is 14.8 Å². The molecule has 0 aromatic carbocycles. The summed E-state index contributed by atoms with van der Waals surface area (Å²) in [6.07, 6.45) is 4.37. The molecule has 0 atom stereocenters. The summed E-state index contributed by atoms with van der Waals surface area (Å²) in [5, 5.41) is 3.13. The van der Waals surface area contributed by atoms with Gasteiger partial charge in [-0.3, -0.25) is 0 Å². The minimum Gasteiger partial charge on any atom is -0.314 e. The molecule has 2 rings (SSSR count). The molecule has 98 valence electrons. The molecule has 0 radical (unpaired) electrons. The molecule has 2 fully saturated rings. The van der Waals surface area contributed by atoms with Crippen molar-refractivity contribution in [2.45, 2.75) is 36.9 Å². The minimum atomic E-state index is -3.47. The second kappa shape index (κ2) is 5.04. The van der Waals surface area contributed by atoms with E-state index >= 15 is 0 Å². The minimum absolute atomic E-state index is 0.484. The smallest absolute Gasteiger partial charge is 0.226 e. The Labute approximate surface area is 103 Å². The van der Waals surface area contributed by atoms with Crippen LogP contribution in [0.25, 0.3) is 0 Å². The number of carbonyl (C=O) groups excluding carboxylic acids is 1. The molecular formula is C11H20N2O3S. The molecular weight excluding hydrogens is 240 g/mol. The number of hydrogen-bond acceptors (Lipinski definition) is 4. The van der Waals surface area contributed by atoms with Gasteiger partial charge in [0.25, 0.3) is 0 Å². The van der Waals surface area contributed by atoms with Crippen LogP contribution in [0.4, 0.5) is 0 Å². The van der Waals surface area contributed by atoms with Crippen LogP contribution in [0.5, 0.6) is 0 Å². The molecule has 1 aliphatic carbocycles. The Bertz CT molecular complexity index is 368. The fourth-order valence-corrected chi connectivity index (χ4v) is 4.83. The molecule has 1 saturated heterocycles. The molecule has 0 aromatic heterocycles. The van der Waals surface area contributed by atoms with Gasteiger partial charge in [0.2, 0.25) is 10.0 Å². The molecule has 6 heteroatoms. The Kier molecular flexibility index (Phi) is 3.85. The van der Waals surface area contributed by atoms with Crippen molar-refractivity contribution >= 4 is 16.3 Å². The van der Waals surface area contributed by atoms with E-state index in [1.165, 1.54) is 4.31 Å². The summed E-state index contributed by atoms with van der Waals surface area (Å²) in [6.45, 7) is 2.32. The zero-order chi connectivity index (χ0) is 12.4. The van der Waals surface area contributed by atoms with Crippen molar-refractivity contribution in [3.05, 3.63) is 0 Å². The first kappa shape index (κ1) is 13.0. The molecule has 0 amide bonds. The molecule has 5 nitrogen and oxygen atoms in total. The van der Waals surface area contributed by atoms with Gasteiger partial charge in [-0.05, 0) is 12.8 Å². The van der Waals surface area contributed by atoms with Crippen molar-refractivity contribution in [3.8, 4) is 0 Å². The van der Waals surface area contributed by atoms with E-state index in [4.69, 9.17) is 0 Å². The van der Waals surface area contributed by atoms with Crippen molar-refractivity contribution in [1.29, 1.82) is 0 Å². The molecule has 17 heavy (non-hydrogen) atoms. The van der Waals surface area contributed by atoms with Crippen LogP contribution in [0, 0.1) is 0 Å². The standard InChI is InChI=1S/C11H20N2O3S/c14-10-11(4-2-1-3-5-11)17(15,16)13-8-6-12-7-9-13/h10,12H,1-9H2. The lowest BCUT2D eigenvalue weighted by Crippen LogP contribution is -2.55. The molecule has 0 unspecified atom stereocenters. The highest BCUT2D eigenvalue weighted by Crippen LogP contribution is 2.35. The van der Waals surface area contributed by atoms with Crippen molar-refractivity contribution in [2.75, 3.05) is 26.2 Å². The van der Waals surface area contributed by atoms with E-state index in [0.717, 1.165) is 19.3 Å². The number of sulfonamides is 1. The van der Waals surface area contributed by atoms with Crippen molar-refractivity contribution < 1.29 is 13.2 Å². The van der Waals surface area contributed by atoms with Gasteiger partial charge in [-0.15, -0.1) is 0 Å². The Morgan fingerprint density at radius 1 is 1.06 bits per heavy atom. The van der Waals surface area contributed by atoms with Gasteiger partial charge < -0.3 is 10.1 Å². The highest BCUT2D eigenvalue weighted by molar-refractivity contribution is 7.91. The molecule has 0 bridgehead atoms. The van der Waals surface area contributed by atoms with Gasteiger partial charge in [-0.25, -0.2) is 8.42 Å².